The molecule has 0 spiro atoms. The van der Waals surface area contributed by atoms with Crippen LogP contribution in [-0.2, 0) is 9.53 Å². The SMILES string of the molecule is CN1CCC(NC(=O)[C@@H]2CCCO2)CC1. The Hall–Kier alpha value is -0.610. The Kier molecular flexibility index (Phi) is 3.59. The molecule has 2 aliphatic rings. The number of hydrogen-bond acceptors (Lipinski definition) is 3. The summed E-state index contributed by atoms with van der Waals surface area (Å²) in [6.45, 7) is 2.90. The van der Waals surface area contributed by atoms with Gasteiger partial charge in [-0.05, 0) is 45.8 Å². The maximum atomic E-state index is 11.7. The zero-order chi connectivity index (χ0) is 10.7. The van der Waals surface area contributed by atoms with Gasteiger partial charge in [0.1, 0.15) is 6.10 Å². The zero-order valence-corrected chi connectivity index (χ0v) is 9.37. The fourth-order valence-corrected chi connectivity index (χ4v) is 2.23. The lowest BCUT2D eigenvalue weighted by atomic mass is 10.1. The Morgan fingerprint density at radius 2 is 2.07 bits per heavy atom. The summed E-state index contributed by atoms with van der Waals surface area (Å²) in [5.74, 6) is 0.0991. The number of carbonyl (C=O) groups excluding carboxylic acids is 1. The van der Waals surface area contributed by atoms with Crippen LogP contribution >= 0.6 is 0 Å². The number of piperidine rings is 1. The standard InChI is InChI=1S/C11H20N2O2/c1-13-6-4-9(5-7-13)12-11(14)10-3-2-8-15-10/h9-10H,2-8H2,1H3,(H,12,14)/t10-/m0/s1. The van der Waals surface area contributed by atoms with Crippen LogP contribution in [-0.4, -0.2) is 49.7 Å². The predicted molar refractivity (Wildman–Crippen MR) is 57.6 cm³/mol. The van der Waals surface area contributed by atoms with E-state index in [1.807, 2.05) is 0 Å². The highest BCUT2D eigenvalue weighted by atomic mass is 16.5. The molecule has 0 aromatic carbocycles. The van der Waals surface area contributed by atoms with Crippen LogP contribution in [0.4, 0.5) is 0 Å². The monoisotopic (exact) mass is 212 g/mol. The van der Waals surface area contributed by atoms with Gasteiger partial charge in [0.2, 0.25) is 5.91 Å². The van der Waals surface area contributed by atoms with Crippen molar-refractivity contribution in [1.82, 2.24) is 10.2 Å². The molecule has 2 fully saturated rings. The third-order valence-electron chi connectivity index (χ3n) is 3.29. The molecule has 0 radical (unpaired) electrons. The smallest absolute Gasteiger partial charge is 0.249 e. The first kappa shape index (κ1) is 10.9. The molecule has 2 saturated heterocycles. The lowest BCUT2D eigenvalue weighted by molar-refractivity contribution is -0.131. The van der Waals surface area contributed by atoms with E-state index in [-0.39, 0.29) is 12.0 Å². The van der Waals surface area contributed by atoms with E-state index in [2.05, 4.69) is 17.3 Å². The molecule has 2 heterocycles. The van der Waals surface area contributed by atoms with E-state index in [4.69, 9.17) is 4.74 Å². The number of nitrogens with zero attached hydrogens (tertiary/aromatic N) is 1. The van der Waals surface area contributed by atoms with Gasteiger partial charge in [0.05, 0.1) is 0 Å². The molecule has 1 amide bonds. The topological polar surface area (TPSA) is 41.6 Å². The van der Waals surface area contributed by atoms with E-state index in [1.54, 1.807) is 0 Å². The van der Waals surface area contributed by atoms with E-state index in [0.29, 0.717) is 6.04 Å². The van der Waals surface area contributed by atoms with Gasteiger partial charge in [-0.25, -0.2) is 0 Å². The predicted octanol–water partition coefficient (Wildman–Crippen LogP) is 0.376. The summed E-state index contributed by atoms with van der Waals surface area (Å²) < 4.78 is 5.35. The van der Waals surface area contributed by atoms with Crippen LogP contribution in [0.15, 0.2) is 0 Å². The minimum absolute atomic E-state index is 0.0991. The van der Waals surface area contributed by atoms with Gasteiger partial charge in [-0.3, -0.25) is 4.79 Å². The molecule has 0 aliphatic carbocycles. The van der Waals surface area contributed by atoms with Gasteiger partial charge in [0.25, 0.3) is 0 Å². The van der Waals surface area contributed by atoms with Gasteiger partial charge in [-0.2, -0.15) is 0 Å². The fourth-order valence-electron chi connectivity index (χ4n) is 2.23. The summed E-state index contributed by atoms with van der Waals surface area (Å²) in [4.78, 5) is 14.0. The molecular weight excluding hydrogens is 192 g/mol. The third kappa shape index (κ3) is 2.92. The van der Waals surface area contributed by atoms with Crippen molar-refractivity contribution < 1.29 is 9.53 Å². The molecule has 0 aromatic rings. The summed E-state index contributed by atoms with van der Waals surface area (Å²) in [5, 5.41) is 3.09. The number of ether oxygens (including phenoxy) is 1. The van der Waals surface area contributed by atoms with Gasteiger partial charge in [-0.1, -0.05) is 0 Å². The molecule has 86 valence electrons. The normalized spacial score (nSPS) is 29.3. The van der Waals surface area contributed by atoms with Gasteiger partial charge in [0.15, 0.2) is 0 Å². The van der Waals surface area contributed by atoms with Crippen LogP contribution in [0, 0.1) is 0 Å². The maximum absolute atomic E-state index is 11.7. The molecule has 1 atom stereocenters. The Balaban J connectivity index is 1.74. The van der Waals surface area contributed by atoms with E-state index < -0.39 is 0 Å². The van der Waals surface area contributed by atoms with Crippen molar-refractivity contribution in [3.05, 3.63) is 0 Å². The molecule has 2 aliphatic heterocycles. The van der Waals surface area contributed by atoms with E-state index in [1.165, 1.54) is 0 Å². The van der Waals surface area contributed by atoms with Crippen LogP contribution in [0.5, 0.6) is 0 Å². The van der Waals surface area contributed by atoms with Crippen LogP contribution < -0.4 is 5.32 Å². The number of amides is 1. The molecule has 0 saturated carbocycles. The average Bonchev–Trinajstić information content (AvgIpc) is 2.74. The molecule has 0 bridgehead atoms. The first-order chi connectivity index (χ1) is 7.25. The highest BCUT2D eigenvalue weighted by Crippen LogP contribution is 2.14. The number of likely N-dealkylation sites (tertiary alicyclic amines) is 1. The molecular formula is C11H20N2O2. The van der Waals surface area contributed by atoms with Crippen molar-refractivity contribution in [1.29, 1.82) is 0 Å². The molecule has 4 nitrogen and oxygen atoms in total. The van der Waals surface area contributed by atoms with Gasteiger partial charge in [0, 0.05) is 12.6 Å². The van der Waals surface area contributed by atoms with Crippen molar-refractivity contribution in [2.75, 3.05) is 26.7 Å². The Morgan fingerprint density at radius 1 is 1.33 bits per heavy atom. The van der Waals surface area contributed by atoms with Crippen LogP contribution in [0.3, 0.4) is 0 Å². The third-order valence-corrected chi connectivity index (χ3v) is 3.29. The summed E-state index contributed by atoms with van der Waals surface area (Å²) in [6, 6.07) is 0.359. The van der Waals surface area contributed by atoms with Gasteiger partial charge >= 0.3 is 0 Å². The molecule has 1 N–H and O–H groups in total. The Labute approximate surface area is 91.0 Å². The molecule has 15 heavy (non-hydrogen) atoms. The summed E-state index contributed by atoms with van der Waals surface area (Å²) >= 11 is 0. The fraction of sp³-hybridized carbons (Fsp3) is 0.909. The van der Waals surface area contributed by atoms with Crippen molar-refractivity contribution in [3.8, 4) is 0 Å². The van der Waals surface area contributed by atoms with Gasteiger partial charge < -0.3 is 15.0 Å². The van der Waals surface area contributed by atoms with Crippen molar-refractivity contribution in [2.24, 2.45) is 0 Å². The largest absolute Gasteiger partial charge is 0.368 e. The van der Waals surface area contributed by atoms with E-state index >= 15 is 0 Å². The van der Waals surface area contributed by atoms with Crippen LogP contribution in [0.2, 0.25) is 0 Å². The van der Waals surface area contributed by atoms with Crippen molar-refractivity contribution in [2.45, 2.75) is 37.8 Å². The second kappa shape index (κ2) is 4.94. The molecule has 0 aromatic heterocycles. The summed E-state index contributed by atoms with van der Waals surface area (Å²) in [5.41, 5.74) is 0. The molecule has 4 heteroatoms. The summed E-state index contributed by atoms with van der Waals surface area (Å²) in [7, 11) is 2.12. The zero-order valence-electron chi connectivity index (χ0n) is 9.37. The van der Waals surface area contributed by atoms with E-state index in [0.717, 1.165) is 45.4 Å². The quantitative estimate of drug-likeness (QED) is 0.719. The Bertz CT molecular complexity index is 219. The number of rotatable bonds is 2. The second-order valence-corrected chi connectivity index (χ2v) is 4.59. The minimum atomic E-state index is -0.176. The number of hydrogen-bond donors (Lipinski definition) is 1. The number of carbonyl (C=O) groups is 1. The van der Waals surface area contributed by atoms with Crippen molar-refractivity contribution >= 4 is 5.91 Å². The highest BCUT2D eigenvalue weighted by Gasteiger charge is 2.26. The molecule has 0 unspecified atom stereocenters. The van der Waals surface area contributed by atoms with E-state index in [9.17, 15) is 4.79 Å². The highest BCUT2D eigenvalue weighted by molar-refractivity contribution is 5.81. The Morgan fingerprint density at radius 3 is 2.67 bits per heavy atom. The second-order valence-electron chi connectivity index (χ2n) is 4.59. The first-order valence-corrected chi connectivity index (χ1v) is 5.86. The van der Waals surface area contributed by atoms with Crippen LogP contribution in [0.25, 0.3) is 0 Å². The van der Waals surface area contributed by atoms with Crippen molar-refractivity contribution in [3.63, 3.8) is 0 Å². The van der Waals surface area contributed by atoms with Crippen LogP contribution in [0.1, 0.15) is 25.7 Å². The summed E-state index contributed by atoms with van der Waals surface area (Å²) in [6.07, 6.45) is 3.86. The first-order valence-electron chi connectivity index (χ1n) is 5.86. The maximum Gasteiger partial charge on any atom is 0.249 e. The molecule has 2 rings (SSSR count). The van der Waals surface area contributed by atoms with Gasteiger partial charge in [-0.15, -0.1) is 0 Å². The lowest BCUT2D eigenvalue weighted by Crippen LogP contribution is -2.46. The average molecular weight is 212 g/mol. The lowest BCUT2D eigenvalue weighted by Gasteiger charge is -2.30. The minimum Gasteiger partial charge on any atom is -0.368 e. The number of nitrogens with one attached hydrogen (secondary N) is 1.